The fourth-order valence-corrected chi connectivity index (χ4v) is 3.68. The second-order valence-corrected chi connectivity index (χ2v) is 7.75. The fourth-order valence-electron chi connectivity index (χ4n) is 3.68. The van der Waals surface area contributed by atoms with E-state index >= 15 is 0 Å². The van der Waals surface area contributed by atoms with Gasteiger partial charge in [-0.3, -0.25) is 4.79 Å². The summed E-state index contributed by atoms with van der Waals surface area (Å²) in [6.45, 7) is 1.76. The molecule has 4 aromatic rings. The van der Waals surface area contributed by atoms with Crippen LogP contribution >= 0.6 is 0 Å². The molecule has 4 rings (SSSR count). The minimum Gasteiger partial charge on any atom is -0.497 e. The van der Waals surface area contributed by atoms with E-state index < -0.39 is 0 Å². The summed E-state index contributed by atoms with van der Waals surface area (Å²) in [7, 11) is 1.64. The van der Waals surface area contributed by atoms with Crippen LogP contribution in [0.1, 0.15) is 12.2 Å². The highest BCUT2D eigenvalue weighted by molar-refractivity contribution is 5.77. The zero-order valence-corrected chi connectivity index (χ0v) is 19.3. The number of rotatable bonds is 12. The fraction of sp³-hybridized carbons (Fsp3) is 0.259. The number of amides is 1. The number of benzene rings is 3. The van der Waals surface area contributed by atoms with Gasteiger partial charge in [0.2, 0.25) is 0 Å². The highest BCUT2D eigenvalue weighted by Crippen LogP contribution is 2.19. The largest absolute Gasteiger partial charge is 0.497 e. The van der Waals surface area contributed by atoms with Crippen molar-refractivity contribution < 1.29 is 19.0 Å². The molecule has 0 aliphatic rings. The third-order valence-electron chi connectivity index (χ3n) is 5.39. The van der Waals surface area contributed by atoms with Gasteiger partial charge in [0, 0.05) is 13.0 Å². The van der Waals surface area contributed by atoms with Gasteiger partial charge < -0.3 is 24.1 Å². The Balaban J connectivity index is 1.28. The summed E-state index contributed by atoms with van der Waals surface area (Å²) >= 11 is 0. The van der Waals surface area contributed by atoms with Gasteiger partial charge in [-0.2, -0.15) is 0 Å². The molecule has 1 heterocycles. The Kier molecular flexibility index (Phi) is 8.00. The molecule has 0 fully saturated rings. The zero-order chi connectivity index (χ0) is 23.6. The number of ether oxygens (including phenoxy) is 3. The summed E-state index contributed by atoms with van der Waals surface area (Å²) in [6, 6.07) is 25.0. The van der Waals surface area contributed by atoms with Gasteiger partial charge in [0.1, 0.15) is 29.7 Å². The van der Waals surface area contributed by atoms with E-state index in [4.69, 9.17) is 19.2 Å². The van der Waals surface area contributed by atoms with Gasteiger partial charge >= 0.3 is 0 Å². The summed E-state index contributed by atoms with van der Waals surface area (Å²) < 4.78 is 18.8. The number of nitrogens with zero attached hydrogens (tertiary/aromatic N) is 2. The molecule has 1 amide bonds. The lowest BCUT2D eigenvalue weighted by atomic mass is 10.3. The molecule has 176 valence electrons. The van der Waals surface area contributed by atoms with E-state index in [0.717, 1.165) is 41.2 Å². The smallest absolute Gasteiger partial charge is 0.257 e. The number of nitrogens with one attached hydrogen (secondary N) is 1. The molecule has 0 aliphatic carbocycles. The van der Waals surface area contributed by atoms with E-state index in [-0.39, 0.29) is 12.5 Å². The van der Waals surface area contributed by atoms with Gasteiger partial charge in [0.25, 0.3) is 5.91 Å². The summed E-state index contributed by atoms with van der Waals surface area (Å²) in [4.78, 5) is 16.9. The summed E-state index contributed by atoms with van der Waals surface area (Å²) in [6.07, 6.45) is 1.52. The summed E-state index contributed by atoms with van der Waals surface area (Å²) in [5.74, 6) is 3.13. The molecule has 1 aromatic heterocycles. The Morgan fingerprint density at radius 1 is 0.882 bits per heavy atom. The molecule has 1 N–H and O–H groups in total. The standard InChI is InChI=1S/C27H29N3O4/c1-32-21-13-15-23(16-14-21)33-19-18-30-25-11-6-5-10-24(25)29-26(30)12-7-17-28-27(31)20-34-22-8-3-2-4-9-22/h2-6,8-11,13-16H,7,12,17-20H2,1H3,(H,28,31). The summed E-state index contributed by atoms with van der Waals surface area (Å²) in [5, 5.41) is 2.91. The van der Waals surface area contributed by atoms with Crippen molar-refractivity contribution in [1.29, 1.82) is 0 Å². The predicted octanol–water partition coefficient (Wildman–Crippen LogP) is 4.25. The first-order chi connectivity index (χ1) is 16.7. The van der Waals surface area contributed by atoms with Crippen molar-refractivity contribution >= 4 is 16.9 Å². The third-order valence-corrected chi connectivity index (χ3v) is 5.39. The molecular formula is C27H29N3O4. The van der Waals surface area contributed by atoms with Crippen molar-refractivity contribution in [1.82, 2.24) is 14.9 Å². The van der Waals surface area contributed by atoms with Crippen LogP contribution in [0.15, 0.2) is 78.9 Å². The SMILES string of the molecule is COc1ccc(OCCn2c(CCCNC(=O)COc3ccccc3)nc3ccccc32)cc1. The molecule has 7 nitrogen and oxygen atoms in total. The highest BCUT2D eigenvalue weighted by Gasteiger charge is 2.11. The molecule has 34 heavy (non-hydrogen) atoms. The van der Waals surface area contributed by atoms with E-state index in [0.29, 0.717) is 25.4 Å². The van der Waals surface area contributed by atoms with Crippen LogP contribution in [0.25, 0.3) is 11.0 Å². The van der Waals surface area contributed by atoms with Crippen molar-refractivity contribution in [3.8, 4) is 17.2 Å². The van der Waals surface area contributed by atoms with Crippen molar-refractivity contribution in [2.75, 3.05) is 26.9 Å². The third kappa shape index (κ3) is 6.28. The lowest BCUT2D eigenvalue weighted by Crippen LogP contribution is -2.30. The molecule has 7 heteroatoms. The number of fused-ring (bicyclic) bond motifs is 1. The van der Waals surface area contributed by atoms with Gasteiger partial charge in [-0.15, -0.1) is 0 Å². The summed E-state index contributed by atoms with van der Waals surface area (Å²) in [5.41, 5.74) is 2.04. The molecule has 0 spiro atoms. The van der Waals surface area contributed by atoms with Crippen LogP contribution in [-0.4, -0.2) is 42.3 Å². The molecule has 0 radical (unpaired) electrons. The topological polar surface area (TPSA) is 74.6 Å². The maximum absolute atomic E-state index is 12.1. The van der Waals surface area contributed by atoms with E-state index in [1.165, 1.54) is 0 Å². The number of methoxy groups -OCH3 is 1. The lowest BCUT2D eigenvalue weighted by Gasteiger charge is -2.12. The average Bonchev–Trinajstić information content (AvgIpc) is 3.24. The Morgan fingerprint density at radius 2 is 1.59 bits per heavy atom. The molecule has 0 atom stereocenters. The normalized spacial score (nSPS) is 10.7. The maximum Gasteiger partial charge on any atom is 0.257 e. The first-order valence-corrected chi connectivity index (χ1v) is 11.4. The second-order valence-electron chi connectivity index (χ2n) is 7.75. The maximum atomic E-state index is 12.1. The Labute approximate surface area is 199 Å². The minimum atomic E-state index is -0.134. The van der Waals surface area contributed by atoms with Crippen molar-refractivity contribution in [3.05, 3.63) is 84.7 Å². The molecule has 0 unspecified atom stereocenters. The van der Waals surface area contributed by atoms with Crippen LogP contribution in [0.3, 0.4) is 0 Å². The van der Waals surface area contributed by atoms with Crippen LogP contribution < -0.4 is 19.5 Å². The van der Waals surface area contributed by atoms with Gasteiger partial charge in [-0.1, -0.05) is 30.3 Å². The van der Waals surface area contributed by atoms with Crippen LogP contribution in [-0.2, 0) is 17.8 Å². The molecule has 0 aliphatic heterocycles. The van der Waals surface area contributed by atoms with Crippen molar-refractivity contribution in [2.24, 2.45) is 0 Å². The Bertz CT molecular complexity index is 1190. The minimum absolute atomic E-state index is 0.00518. The van der Waals surface area contributed by atoms with E-state index in [1.54, 1.807) is 7.11 Å². The van der Waals surface area contributed by atoms with Gasteiger partial charge in [-0.25, -0.2) is 4.98 Å². The quantitative estimate of drug-likeness (QED) is 0.321. The first-order valence-electron chi connectivity index (χ1n) is 11.4. The first kappa shape index (κ1) is 23.2. The van der Waals surface area contributed by atoms with Gasteiger partial charge in [-0.05, 0) is 55.0 Å². The highest BCUT2D eigenvalue weighted by atomic mass is 16.5. The van der Waals surface area contributed by atoms with Crippen molar-refractivity contribution in [2.45, 2.75) is 19.4 Å². The van der Waals surface area contributed by atoms with Crippen molar-refractivity contribution in [3.63, 3.8) is 0 Å². The number of para-hydroxylation sites is 3. The molecular weight excluding hydrogens is 430 g/mol. The number of aryl methyl sites for hydroxylation is 1. The van der Waals surface area contributed by atoms with E-state index in [2.05, 4.69) is 16.0 Å². The van der Waals surface area contributed by atoms with Crippen LogP contribution in [0.5, 0.6) is 17.2 Å². The van der Waals surface area contributed by atoms with E-state index in [1.807, 2.05) is 72.8 Å². The number of hydrogen-bond donors (Lipinski definition) is 1. The number of carbonyl (C=O) groups is 1. The monoisotopic (exact) mass is 459 g/mol. The van der Waals surface area contributed by atoms with Crippen LogP contribution in [0.2, 0.25) is 0 Å². The molecule has 0 saturated carbocycles. The molecule has 0 saturated heterocycles. The lowest BCUT2D eigenvalue weighted by molar-refractivity contribution is -0.123. The zero-order valence-electron chi connectivity index (χ0n) is 19.3. The number of aromatic nitrogens is 2. The Hall–Kier alpha value is -4.00. The number of hydrogen-bond acceptors (Lipinski definition) is 5. The number of carbonyl (C=O) groups excluding carboxylic acids is 1. The van der Waals surface area contributed by atoms with Gasteiger partial charge in [0.05, 0.1) is 24.7 Å². The average molecular weight is 460 g/mol. The van der Waals surface area contributed by atoms with E-state index in [9.17, 15) is 4.79 Å². The number of imidazole rings is 1. The van der Waals surface area contributed by atoms with Crippen LogP contribution in [0, 0.1) is 0 Å². The van der Waals surface area contributed by atoms with Gasteiger partial charge in [0.15, 0.2) is 6.61 Å². The van der Waals surface area contributed by atoms with Crippen LogP contribution in [0.4, 0.5) is 0 Å². The molecule has 3 aromatic carbocycles. The molecule has 0 bridgehead atoms. The predicted molar refractivity (Wildman–Crippen MR) is 131 cm³/mol. The second kappa shape index (κ2) is 11.7. The Morgan fingerprint density at radius 3 is 2.38 bits per heavy atom.